The van der Waals surface area contributed by atoms with Gasteiger partial charge in [0.05, 0.1) is 12.6 Å². The van der Waals surface area contributed by atoms with Crippen molar-refractivity contribution in [1.29, 1.82) is 0 Å². The van der Waals surface area contributed by atoms with E-state index in [-0.39, 0.29) is 12.6 Å². The Kier molecular flexibility index (Phi) is 3.10. The minimum atomic E-state index is -0.0342. The summed E-state index contributed by atoms with van der Waals surface area (Å²) < 4.78 is 5.52. The van der Waals surface area contributed by atoms with E-state index in [1.54, 1.807) is 0 Å². The second-order valence-electron chi connectivity index (χ2n) is 4.16. The molecular weight excluding hydrogens is 204 g/mol. The molecule has 0 fully saturated rings. The number of benzene rings is 1. The summed E-state index contributed by atoms with van der Waals surface area (Å²) in [4.78, 5) is 4.29. The maximum Gasteiger partial charge on any atom is 0.295 e. The Morgan fingerprint density at radius 1 is 1.38 bits per heavy atom. The van der Waals surface area contributed by atoms with E-state index in [0.29, 0.717) is 11.9 Å². The molecule has 0 saturated carbocycles. The van der Waals surface area contributed by atoms with Crippen LogP contribution in [0.1, 0.15) is 13.8 Å². The minimum absolute atomic E-state index is 0.0342. The number of hydrogen-bond donors (Lipinski definition) is 2. The Morgan fingerprint density at radius 2 is 2.12 bits per heavy atom. The molecule has 0 amide bonds. The van der Waals surface area contributed by atoms with Gasteiger partial charge >= 0.3 is 0 Å². The molecule has 0 aliphatic rings. The Hall–Kier alpha value is -1.55. The molecule has 4 nitrogen and oxygen atoms in total. The number of fused-ring (bicyclic) bond motifs is 1. The molecule has 1 heterocycles. The normalized spacial score (nSPS) is 13.2. The van der Waals surface area contributed by atoms with Crippen LogP contribution in [0.3, 0.4) is 0 Å². The summed E-state index contributed by atoms with van der Waals surface area (Å²) in [7, 11) is 0. The average Bonchev–Trinajstić information content (AvgIpc) is 2.67. The standard InChI is InChI=1S/C12H16N2O2/c1-8(2)10(7-15)14-12-13-9-5-3-4-6-11(9)16-12/h3-6,8,10,15H,7H2,1-2H3,(H,13,14)/t10-/m1/s1. The quantitative estimate of drug-likeness (QED) is 0.829. The first kappa shape index (κ1) is 11.0. The first-order valence-electron chi connectivity index (χ1n) is 5.43. The molecule has 0 aliphatic carbocycles. The van der Waals surface area contributed by atoms with E-state index in [1.165, 1.54) is 0 Å². The maximum atomic E-state index is 9.20. The highest BCUT2D eigenvalue weighted by Gasteiger charge is 2.14. The molecule has 1 atom stereocenters. The summed E-state index contributed by atoms with van der Waals surface area (Å²) in [6.07, 6.45) is 0. The molecule has 86 valence electrons. The third-order valence-corrected chi connectivity index (χ3v) is 2.60. The molecular formula is C12H16N2O2. The van der Waals surface area contributed by atoms with Crippen LogP contribution >= 0.6 is 0 Å². The fourth-order valence-corrected chi connectivity index (χ4v) is 1.52. The van der Waals surface area contributed by atoms with Crippen molar-refractivity contribution in [2.75, 3.05) is 11.9 Å². The Bertz CT molecular complexity index is 432. The number of para-hydroxylation sites is 2. The molecule has 16 heavy (non-hydrogen) atoms. The molecule has 2 rings (SSSR count). The van der Waals surface area contributed by atoms with E-state index < -0.39 is 0 Å². The van der Waals surface area contributed by atoms with Gasteiger partial charge < -0.3 is 14.8 Å². The lowest BCUT2D eigenvalue weighted by molar-refractivity contribution is 0.247. The van der Waals surface area contributed by atoms with Crippen LogP contribution < -0.4 is 5.32 Å². The third kappa shape index (κ3) is 2.17. The van der Waals surface area contributed by atoms with E-state index >= 15 is 0 Å². The van der Waals surface area contributed by atoms with Crippen LogP contribution in [0.4, 0.5) is 6.01 Å². The van der Waals surface area contributed by atoms with Crippen LogP contribution in [0.5, 0.6) is 0 Å². The molecule has 1 aromatic carbocycles. The van der Waals surface area contributed by atoms with Gasteiger partial charge in [0.1, 0.15) is 5.52 Å². The summed E-state index contributed by atoms with van der Waals surface area (Å²) in [6, 6.07) is 8.02. The lowest BCUT2D eigenvalue weighted by Gasteiger charge is -2.18. The fraction of sp³-hybridized carbons (Fsp3) is 0.417. The number of nitrogens with zero attached hydrogens (tertiary/aromatic N) is 1. The smallest absolute Gasteiger partial charge is 0.295 e. The third-order valence-electron chi connectivity index (χ3n) is 2.60. The molecule has 1 aromatic heterocycles. The van der Waals surface area contributed by atoms with Crippen molar-refractivity contribution < 1.29 is 9.52 Å². The van der Waals surface area contributed by atoms with Crippen LogP contribution in [0, 0.1) is 5.92 Å². The van der Waals surface area contributed by atoms with Gasteiger partial charge in [0.25, 0.3) is 6.01 Å². The van der Waals surface area contributed by atoms with Crippen molar-refractivity contribution in [2.45, 2.75) is 19.9 Å². The molecule has 0 aliphatic heterocycles. The van der Waals surface area contributed by atoms with Crippen LogP contribution in [-0.4, -0.2) is 22.7 Å². The van der Waals surface area contributed by atoms with Gasteiger partial charge in [0, 0.05) is 0 Å². The van der Waals surface area contributed by atoms with E-state index in [2.05, 4.69) is 10.3 Å². The van der Waals surface area contributed by atoms with Gasteiger partial charge in [-0.3, -0.25) is 0 Å². The van der Waals surface area contributed by atoms with Crippen molar-refractivity contribution in [3.8, 4) is 0 Å². The number of hydrogen-bond acceptors (Lipinski definition) is 4. The summed E-state index contributed by atoms with van der Waals surface area (Å²) in [6.45, 7) is 4.14. The van der Waals surface area contributed by atoms with Gasteiger partial charge in [0.2, 0.25) is 0 Å². The zero-order valence-corrected chi connectivity index (χ0v) is 9.47. The highest BCUT2D eigenvalue weighted by molar-refractivity contribution is 5.74. The van der Waals surface area contributed by atoms with Crippen LogP contribution in [0.15, 0.2) is 28.7 Å². The van der Waals surface area contributed by atoms with Crippen molar-refractivity contribution >= 4 is 17.1 Å². The SMILES string of the molecule is CC(C)[C@@H](CO)Nc1nc2ccccc2o1. The van der Waals surface area contributed by atoms with Gasteiger partial charge in [-0.1, -0.05) is 26.0 Å². The largest absolute Gasteiger partial charge is 0.424 e. The molecule has 0 unspecified atom stereocenters. The van der Waals surface area contributed by atoms with Crippen LogP contribution in [0.25, 0.3) is 11.1 Å². The molecule has 2 aromatic rings. The molecule has 0 radical (unpaired) electrons. The number of nitrogens with one attached hydrogen (secondary N) is 1. The van der Waals surface area contributed by atoms with Gasteiger partial charge in [-0.05, 0) is 18.1 Å². The van der Waals surface area contributed by atoms with Crippen LogP contribution in [0.2, 0.25) is 0 Å². The van der Waals surface area contributed by atoms with Gasteiger partial charge in [0.15, 0.2) is 5.58 Å². The number of aliphatic hydroxyl groups is 1. The lowest BCUT2D eigenvalue weighted by atomic mass is 10.1. The number of rotatable bonds is 4. The maximum absolute atomic E-state index is 9.20. The Labute approximate surface area is 94.3 Å². The molecule has 0 saturated heterocycles. The number of anilines is 1. The highest BCUT2D eigenvalue weighted by Crippen LogP contribution is 2.19. The summed E-state index contributed by atoms with van der Waals surface area (Å²) >= 11 is 0. The van der Waals surface area contributed by atoms with Gasteiger partial charge in [-0.2, -0.15) is 4.98 Å². The zero-order valence-electron chi connectivity index (χ0n) is 9.47. The molecule has 4 heteroatoms. The lowest BCUT2D eigenvalue weighted by Crippen LogP contribution is -2.29. The van der Waals surface area contributed by atoms with Crippen molar-refractivity contribution in [1.82, 2.24) is 4.98 Å². The predicted molar refractivity (Wildman–Crippen MR) is 63.3 cm³/mol. The second-order valence-corrected chi connectivity index (χ2v) is 4.16. The van der Waals surface area contributed by atoms with E-state index in [9.17, 15) is 5.11 Å². The van der Waals surface area contributed by atoms with Gasteiger partial charge in [-0.25, -0.2) is 0 Å². The number of aromatic nitrogens is 1. The van der Waals surface area contributed by atoms with E-state index in [4.69, 9.17) is 4.42 Å². The molecule has 2 N–H and O–H groups in total. The number of aliphatic hydroxyl groups excluding tert-OH is 1. The Balaban J connectivity index is 2.20. The van der Waals surface area contributed by atoms with E-state index in [0.717, 1.165) is 11.1 Å². The number of oxazole rings is 1. The van der Waals surface area contributed by atoms with Gasteiger partial charge in [-0.15, -0.1) is 0 Å². The van der Waals surface area contributed by atoms with E-state index in [1.807, 2.05) is 38.1 Å². The molecule has 0 bridgehead atoms. The van der Waals surface area contributed by atoms with Crippen LogP contribution in [-0.2, 0) is 0 Å². The summed E-state index contributed by atoms with van der Waals surface area (Å²) in [5.41, 5.74) is 1.58. The second kappa shape index (κ2) is 4.53. The van der Waals surface area contributed by atoms with Crippen molar-refractivity contribution in [2.24, 2.45) is 5.92 Å². The first-order chi connectivity index (χ1) is 7.70. The van der Waals surface area contributed by atoms with Crippen molar-refractivity contribution in [3.05, 3.63) is 24.3 Å². The van der Waals surface area contributed by atoms with Crippen molar-refractivity contribution in [3.63, 3.8) is 0 Å². The predicted octanol–water partition coefficient (Wildman–Crippen LogP) is 2.26. The first-order valence-corrected chi connectivity index (χ1v) is 5.43. The minimum Gasteiger partial charge on any atom is -0.424 e. The average molecular weight is 220 g/mol. The summed E-state index contributed by atoms with van der Waals surface area (Å²) in [5.74, 6) is 0.319. The molecule has 0 spiro atoms. The fourth-order valence-electron chi connectivity index (χ4n) is 1.52. The monoisotopic (exact) mass is 220 g/mol. The highest BCUT2D eigenvalue weighted by atomic mass is 16.4. The topological polar surface area (TPSA) is 58.3 Å². The Morgan fingerprint density at radius 3 is 2.75 bits per heavy atom. The summed E-state index contributed by atoms with van der Waals surface area (Å²) in [5, 5.41) is 12.3. The zero-order chi connectivity index (χ0) is 11.5.